The van der Waals surface area contributed by atoms with E-state index in [0.717, 1.165) is 0 Å². The molecular weight excluding hydrogens is 212 g/mol. The molecule has 1 saturated heterocycles. The van der Waals surface area contributed by atoms with Gasteiger partial charge in [-0.05, 0) is 7.05 Å². The maximum Gasteiger partial charge on any atom is 0.307 e. The molecule has 0 spiro atoms. The molecule has 0 aliphatic carbocycles. The lowest BCUT2D eigenvalue weighted by Crippen LogP contribution is -2.43. The van der Waals surface area contributed by atoms with Gasteiger partial charge < -0.3 is 20.1 Å². The first-order valence-electron chi connectivity index (χ1n) is 5.28. The first-order chi connectivity index (χ1) is 7.69. The summed E-state index contributed by atoms with van der Waals surface area (Å²) in [4.78, 5) is 22.5. The van der Waals surface area contributed by atoms with E-state index in [0.29, 0.717) is 19.8 Å². The number of esters is 1. The third-order valence-corrected chi connectivity index (χ3v) is 2.64. The molecule has 6 nitrogen and oxygen atoms in total. The number of ether oxygens (including phenoxy) is 2. The average Bonchev–Trinajstić information content (AvgIpc) is 2.76. The molecule has 1 rings (SSSR count). The molecule has 6 heteroatoms. The van der Waals surface area contributed by atoms with Crippen LogP contribution in [0, 0.1) is 5.92 Å². The van der Waals surface area contributed by atoms with Crippen LogP contribution in [0.1, 0.15) is 6.42 Å². The second-order valence-corrected chi connectivity index (χ2v) is 3.66. The van der Waals surface area contributed by atoms with Gasteiger partial charge in [0, 0.05) is 12.6 Å². The van der Waals surface area contributed by atoms with Crippen LogP contribution in [-0.2, 0) is 19.1 Å². The Kier molecular flexibility index (Phi) is 5.21. The van der Waals surface area contributed by atoms with Crippen LogP contribution >= 0.6 is 0 Å². The summed E-state index contributed by atoms with van der Waals surface area (Å²) in [6.45, 7) is 1.28. The van der Waals surface area contributed by atoms with Crippen molar-refractivity contribution in [3.63, 3.8) is 0 Å². The number of carbonyl (C=O) groups excluding carboxylic acids is 2. The van der Waals surface area contributed by atoms with Gasteiger partial charge in [-0.3, -0.25) is 9.59 Å². The van der Waals surface area contributed by atoms with Crippen LogP contribution in [-0.4, -0.2) is 51.8 Å². The minimum absolute atomic E-state index is 0.0538. The van der Waals surface area contributed by atoms with Gasteiger partial charge in [0.15, 0.2) is 0 Å². The zero-order valence-corrected chi connectivity index (χ0v) is 9.62. The number of likely N-dealkylation sites (N-methyl/N-ethyl adjacent to an activating group) is 1. The summed E-state index contributed by atoms with van der Waals surface area (Å²) in [5, 5.41) is 5.72. The van der Waals surface area contributed by atoms with E-state index in [1.54, 1.807) is 7.05 Å². The van der Waals surface area contributed by atoms with Gasteiger partial charge in [0.1, 0.15) is 0 Å². The summed E-state index contributed by atoms with van der Waals surface area (Å²) in [6, 6.07) is 0.0538. The molecule has 16 heavy (non-hydrogen) atoms. The Labute approximate surface area is 94.7 Å². The highest BCUT2D eigenvalue weighted by molar-refractivity contribution is 5.80. The third kappa shape index (κ3) is 3.46. The maximum atomic E-state index is 11.7. The molecule has 0 saturated carbocycles. The minimum atomic E-state index is -0.326. The Morgan fingerprint density at radius 2 is 2.19 bits per heavy atom. The topological polar surface area (TPSA) is 76.7 Å². The van der Waals surface area contributed by atoms with Crippen molar-refractivity contribution in [3.8, 4) is 0 Å². The Hall–Kier alpha value is -1.14. The first-order valence-corrected chi connectivity index (χ1v) is 5.28. The second-order valence-electron chi connectivity index (χ2n) is 3.66. The molecule has 1 heterocycles. The van der Waals surface area contributed by atoms with Crippen LogP contribution in [0.2, 0.25) is 0 Å². The highest BCUT2D eigenvalue weighted by atomic mass is 16.5. The van der Waals surface area contributed by atoms with Crippen molar-refractivity contribution in [1.29, 1.82) is 0 Å². The zero-order valence-electron chi connectivity index (χ0n) is 9.62. The van der Waals surface area contributed by atoms with Gasteiger partial charge >= 0.3 is 5.97 Å². The Bertz CT molecular complexity index is 257. The lowest BCUT2D eigenvalue weighted by atomic mass is 10.0. The second kappa shape index (κ2) is 6.44. The van der Waals surface area contributed by atoms with Gasteiger partial charge in [0.05, 0.1) is 32.7 Å². The first kappa shape index (κ1) is 12.9. The van der Waals surface area contributed by atoms with Crippen LogP contribution in [0.5, 0.6) is 0 Å². The molecule has 0 radical (unpaired) electrons. The SMILES string of the molecule is CNC1COCC1C(=O)NCCC(=O)OC. The fourth-order valence-corrected chi connectivity index (χ4v) is 1.62. The number of methoxy groups -OCH3 is 1. The molecule has 1 aliphatic heterocycles. The molecule has 1 fully saturated rings. The largest absolute Gasteiger partial charge is 0.469 e. The van der Waals surface area contributed by atoms with Crippen molar-refractivity contribution in [2.75, 3.05) is 33.9 Å². The van der Waals surface area contributed by atoms with Crippen molar-refractivity contribution in [2.24, 2.45) is 5.92 Å². The highest BCUT2D eigenvalue weighted by Gasteiger charge is 2.32. The quantitative estimate of drug-likeness (QED) is 0.586. The summed E-state index contributed by atoms with van der Waals surface area (Å²) in [5.41, 5.74) is 0. The van der Waals surface area contributed by atoms with Crippen molar-refractivity contribution >= 4 is 11.9 Å². The summed E-state index contributed by atoms with van der Waals surface area (Å²) in [6.07, 6.45) is 0.194. The van der Waals surface area contributed by atoms with E-state index in [2.05, 4.69) is 15.4 Å². The van der Waals surface area contributed by atoms with Crippen LogP contribution in [0.3, 0.4) is 0 Å². The van der Waals surface area contributed by atoms with E-state index < -0.39 is 0 Å². The van der Waals surface area contributed by atoms with Crippen molar-refractivity contribution in [3.05, 3.63) is 0 Å². The predicted octanol–water partition coefficient (Wildman–Crippen LogP) is -1.10. The maximum absolute atomic E-state index is 11.7. The molecule has 2 unspecified atom stereocenters. The van der Waals surface area contributed by atoms with Crippen LogP contribution in [0.15, 0.2) is 0 Å². The molecule has 0 aromatic heterocycles. The van der Waals surface area contributed by atoms with Crippen LogP contribution < -0.4 is 10.6 Å². The number of rotatable bonds is 5. The van der Waals surface area contributed by atoms with Crippen LogP contribution in [0.4, 0.5) is 0 Å². The van der Waals surface area contributed by atoms with E-state index in [1.807, 2.05) is 0 Å². The molecular formula is C10H18N2O4. The molecule has 2 atom stereocenters. The number of hydrogen-bond donors (Lipinski definition) is 2. The third-order valence-electron chi connectivity index (χ3n) is 2.64. The Morgan fingerprint density at radius 1 is 1.44 bits per heavy atom. The fourth-order valence-electron chi connectivity index (χ4n) is 1.62. The standard InChI is InChI=1S/C10H18N2O4/c1-11-8-6-16-5-7(8)10(14)12-4-3-9(13)15-2/h7-8,11H,3-6H2,1-2H3,(H,12,14). The Morgan fingerprint density at radius 3 is 2.81 bits per heavy atom. The van der Waals surface area contributed by atoms with E-state index in [-0.39, 0.29) is 30.3 Å². The van der Waals surface area contributed by atoms with Gasteiger partial charge in [-0.25, -0.2) is 0 Å². The van der Waals surface area contributed by atoms with Crippen molar-refractivity contribution in [1.82, 2.24) is 10.6 Å². The molecule has 1 aliphatic rings. The van der Waals surface area contributed by atoms with Crippen molar-refractivity contribution < 1.29 is 19.1 Å². The average molecular weight is 230 g/mol. The summed E-state index contributed by atoms with van der Waals surface area (Å²) in [7, 11) is 3.13. The lowest BCUT2D eigenvalue weighted by molar-refractivity contribution is -0.140. The van der Waals surface area contributed by atoms with Gasteiger partial charge in [-0.15, -0.1) is 0 Å². The van der Waals surface area contributed by atoms with Gasteiger partial charge in [0.25, 0.3) is 0 Å². The minimum Gasteiger partial charge on any atom is -0.469 e. The number of hydrogen-bond acceptors (Lipinski definition) is 5. The van der Waals surface area contributed by atoms with Crippen LogP contribution in [0.25, 0.3) is 0 Å². The highest BCUT2D eigenvalue weighted by Crippen LogP contribution is 2.13. The number of nitrogens with one attached hydrogen (secondary N) is 2. The molecule has 0 aromatic carbocycles. The normalized spacial score (nSPS) is 24.1. The zero-order chi connectivity index (χ0) is 12.0. The molecule has 92 valence electrons. The van der Waals surface area contributed by atoms with Crippen molar-refractivity contribution in [2.45, 2.75) is 12.5 Å². The van der Waals surface area contributed by atoms with E-state index in [1.165, 1.54) is 7.11 Å². The van der Waals surface area contributed by atoms with E-state index in [9.17, 15) is 9.59 Å². The fraction of sp³-hybridized carbons (Fsp3) is 0.800. The van der Waals surface area contributed by atoms with Gasteiger partial charge in [-0.1, -0.05) is 0 Å². The molecule has 0 aromatic rings. The Balaban J connectivity index is 2.26. The molecule has 1 amide bonds. The van der Waals surface area contributed by atoms with E-state index in [4.69, 9.17) is 4.74 Å². The summed E-state index contributed by atoms with van der Waals surface area (Å²) in [5.74, 6) is -0.587. The molecule has 2 N–H and O–H groups in total. The lowest BCUT2D eigenvalue weighted by Gasteiger charge is -2.16. The molecule has 0 bridgehead atoms. The summed E-state index contributed by atoms with van der Waals surface area (Å²) < 4.78 is 9.69. The predicted molar refractivity (Wildman–Crippen MR) is 56.8 cm³/mol. The van der Waals surface area contributed by atoms with Gasteiger partial charge in [0.2, 0.25) is 5.91 Å². The summed E-state index contributed by atoms with van der Waals surface area (Å²) >= 11 is 0. The number of amides is 1. The monoisotopic (exact) mass is 230 g/mol. The smallest absolute Gasteiger partial charge is 0.307 e. The van der Waals surface area contributed by atoms with E-state index >= 15 is 0 Å². The number of carbonyl (C=O) groups is 2. The van der Waals surface area contributed by atoms with Gasteiger partial charge in [-0.2, -0.15) is 0 Å².